The summed E-state index contributed by atoms with van der Waals surface area (Å²) in [7, 11) is 0. The van der Waals surface area contributed by atoms with Crippen molar-refractivity contribution in [2.24, 2.45) is 17.8 Å². The Morgan fingerprint density at radius 3 is 2.37 bits per heavy atom. The summed E-state index contributed by atoms with van der Waals surface area (Å²) in [5.41, 5.74) is 4.76. The van der Waals surface area contributed by atoms with E-state index < -0.39 is 23.9 Å². The summed E-state index contributed by atoms with van der Waals surface area (Å²) in [6.45, 7) is 4.05. The number of aliphatic hydroxyl groups excluding tert-OH is 2. The first-order valence-electron chi connectivity index (χ1n) is 14.7. The van der Waals surface area contributed by atoms with E-state index in [1.165, 1.54) is 4.90 Å². The molecule has 2 aliphatic rings. The number of rotatable bonds is 10. The van der Waals surface area contributed by atoms with E-state index in [-0.39, 0.29) is 24.2 Å². The molecule has 0 saturated carbocycles. The second-order valence-electron chi connectivity index (χ2n) is 11.2. The molecule has 214 valence electrons. The number of benzene rings is 3. The number of hydrogen-bond donors (Lipinski definition) is 3. The largest absolute Gasteiger partial charge is 0.507 e. The minimum Gasteiger partial charge on any atom is -0.507 e. The van der Waals surface area contributed by atoms with Gasteiger partial charge in [0.05, 0.1) is 24.5 Å². The number of carbonyl (C=O) groups excluding carboxylic acids is 2. The monoisotopic (exact) mass is 553 g/mol. The first-order valence-corrected chi connectivity index (χ1v) is 14.7. The average molecular weight is 554 g/mol. The summed E-state index contributed by atoms with van der Waals surface area (Å²) in [5, 5.41) is 34.3. The van der Waals surface area contributed by atoms with E-state index in [1.54, 1.807) is 6.07 Å². The van der Waals surface area contributed by atoms with Gasteiger partial charge in [0.25, 0.3) is 0 Å². The van der Waals surface area contributed by atoms with Crippen molar-refractivity contribution in [2.75, 3.05) is 13.2 Å². The second-order valence-corrected chi connectivity index (χ2v) is 11.2. The lowest BCUT2D eigenvalue weighted by molar-refractivity contribution is -0.140. The number of hydrogen-bond acceptors (Lipinski definition) is 5. The molecule has 6 nitrogen and oxygen atoms in total. The molecule has 1 saturated heterocycles. The maximum atomic E-state index is 13.3. The van der Waals surface area contributed by atoms with E-state index in [0.29, 0.717) is 38.6 Å². The molecule has 0 aromatic heterocycles. The van der Waals surface area contributed by atoms with Crippen molar-refractivity contribution in [3.8, 4) is 5.75 Å². The van der Waals surface area contributed by atoms with Crippen LogP contribution in [0.3, 0.4) is 0 Å². The van der Waals surface area contributed by atoms with Gasteiger partial charge in [-0.1, -0.05) is 86.2 Å². The molecular weight excluding hydrogens is 514 g/mol. The lowest BCUT2D eigenvalue weighted by Gasteiger charge is -2.36. The first kappa shape index (κ1) is 28.8. The van der Waals surface area contributed by atoms with Crippen LogP contribution in [0, 0.1) is 17.8 Å². The number of amides is 2. The van der Waals surface area contributed by atoms with Crippen LogP contribution >= 0.6 is 0 Å². The van der Waals surface area contributed by atoms with Crippen molar-refractivity contribution in [1.29, 1.82) is 0 Å². The van der Waals surface area contributed by atoms with Gasteiger partial charge in [0.2, 0.25) is 11.8 Å². The Morgan fingerprint density at radius 1 is 0.976 bits per heavy atom. The number of nitrogens with zero attached hydrogens (tertiary/aromatic N) is 1. The molecule has 3 aromatic carbocycles. The Labute approximate surface area is 241 Å². The highest BCUT2D eigenvalue weighted by Crippen LogP contribution is 2.47. The molecule has 1 heterocycles. The summed E-state index contributed by atoms with van der Waals surface area (Å²) in [6, 6.07) is 21.4. The molecule has 1 fully saturated rings. The van der Waals surface area contributed by atoms with E-state index in [4.69, 9.17) is 0 Å². The predicted molar refractivity (Wildman–Crippen MR) is 162 cm³/mol. The van der Waals surface area contributed by atoms with Gasteiger partial charge in [-0.05, 0) is 65.8 Å². The molecule has 5 rings (SSSR count). The molecule has 6 heteroatoms. The zero-order valence-corrected chi connectivity index (χ0v) is 23.8. The molecule has 3 aromatic rings. The lowest BCUT2D eigenvalue weighted by atomic mass is 9.67. The fraction of sp³-hybridized carbons (Fsp3) is 0.371. The van der Waals surface area contributed by atoms with Crippen molar-refractivity contribution in [1.82, 2.24) is 4.90 Å². The average Bonchev–Trinajstić information content (AvgIpc) is 3.24. The molecule has 1 aliphatic heterocycles. The molecule has 0 spiro atoms. The normalized spacial score (nSPS) is 22.0. The van der Waals surface area contributed by atoms with Gasteiger partial charge in [-0.2, -0.15) is 0 Å². The number of fused-ring (bicyclic) bond motifs is 2. The van der Waals surface area contributed by atoms with E-state index in [1.807, 2.05) is 74.5 Å². The van der Waals surface area contributed by atoms with Crippen molar-refractivity contribution in [3.05, 3.63) is 89.0 Å². The molecule has 0 bridgehead atoms. The Bertz CT molecular complexity index is 1490. The second kappa shape index (κ2) is 12.4. The smallest absolute Gasteiger partial charge is 0.233 e. The zero-order valence-electron chi connectivity index (χ0n) is 23.8. The summed E-state index contributed by atoms with van der Waals surface area (Å²) < 4.78 is 0. The SMILES string of the molecule is CCCN1C(=O)[C@@H]2[C@@H](CC(CC)=C([C@H](O)CC/C(=C/c3ccc(O)c4ccccc34)c3ccccc3)[C@@H]2CO)C1=O. The molecule has 0 radical (unpaired) electrons. The van der Waals surface area contributed by atoms with Crippen LogP contribution in [0.1, 0.15) is 57.1 Å². The molecule has 41 heavy (non-hydrogen) atoms. The van der Waals surface area contributed by atoms with E-state index >= 15 is 0 Å². The highest BCUT2D eigenvalue weighted by molar-refractivity contribution is 6.06. The van der Waals surface area contributed by atoms with Crippen molar-refractivity contribution >= 4 is 34.2 Å². The summed E-state index contributed by atoms with van der Waals surface area (Å²) in [6.07, 6.45) is 4.02. The number of likely N-dealkylation sites (tertiary alicyclic amines) is 1. The third-order valence-corrected chi connectivity index (χ3v) is 8.80. The summed E-state index contributed by atoms with van der Waals surface area (Å²) >= 11 is 0. The Balaban J connectivity index is 1.47. The minimum absolute atomic E-state index is 0.143. The highest BCUT2D eigenvalue weighted by atomic mass is 16.3. The van der Waals surface area contributed by atoms with Gasteiger partial charge in [-0.25, -0.2) is 0 Å². The molecule has 0 unspecified atom stereocenters. The van der Waals surface area contributed by atoms with Crippen LogP contribution in [0.2, 0.25) is 0 Å². The van der Waals surface area contributed by atoms with Crippen molar-refractivity contribution < 1.29 is 24.9 Å². The topological polar surface area (TPSA) is 98.1 Å². The summed E-state index contributed by atoms with van der Waals surface area (Å²) in [4.78, 5) is 27.8. The number of imide groups is 1. The van der Waals surface area contributed by atoms with Crippen LogP contribution in [0.5, 0.6) is 5.75 Å². The highest BCUT2D eigenvalue weighted by Gasteiger charge is 2.54. The molecule has 3 N–H and O–H groups in total. The Kier molecular flexibility index (Phi) is 8.71. The van der Waals surface area contributed by atoms with Crippen LogP contribution < -0.4 is 0 Å². The van der Waals surface area contributed by atoms with Gasteiger partial charge in [-0.3, -0.25) is 14.5 Å². The molecular formula is C35H39NO5. The number of aliphatic hydroxyl groups is 2. The Hall–Kier alpha value is -3.74. The first-order chi connectivity index (χ1) is 19.9. The van der Waals surface area contributed by atoms with Gasteiger partial charge in [0.15, 0.2) is 0 Å². The lowest BCUT2D eigenvalue weighted by Crippen LogP contribution is -2.39. The zero-order chi connectivity index (χ0) is 29.1. The third-order valence-electron chi connectivity index (χ3n) is 8.80. The van der Waals surface area contributed by atoms with Crippen LogP contribution in [0.25, 0.3) is 22.4 Å². The van der Waals surface area contributed by atoms with Gasteiger partial charge in [0, 0.05) is 17.8 Å². The molecule has 1 aliphatic carbocycles. The van der Waals surface area contributed by atoms with Gasteiger partial charge < -0.3 is 15.3 Å². The summed E-state index contributed by atoms with van der Waals surface area (Å²) in [5.74, 6) is -1.77. The van der Waals surface area contributed by atoms with Crippen LogP contribution in [0.4, 0.5) is 0 Å². The number of aromatic hydroxyl groups is 1. The number of carbonyl (C=O) groups is 2. The van der Waals surface area contributed by atoms with Crippen LogP contribution in [-0.4, -0.2) is 51.3 Å². The fourth-order valence-corrected chi connectivity index (χ4v) is 6.83. The molecule has 2 amide bonds. The minimum atomic E-state index is -0.852. The third kappa shape index (κ3) is 5.46. The number of allylic oxidation sites excluding steroid dienone is 2. The van der Waals surface area contributed by atoms with E-state index in [0.717, 1.165) is 38.6 Å². The van der Waals surface area contributed by atoms with Gasteiger partial charge in [-0.15, -0.1) is 0 Å². The quantitative estimate of drug-likeness (QED) is 0.164. The van der Waals surface area contributed by atoms with Gasteiger partial charge >= 0.3 is 0 Å². The van der Waals surface area contributed by atoms with Gasteiger partial charge in [0.1, 0.15) is 5.75 Å². The van der Waals surface area contributed by atoms with Crippen molar-refractivity contribution in [2.45, 2.75) is 52.1 Å². The standard InChI is InChI=1S/C35H39NO5/c1-3-18-36-34(40)28-20-22(4-2)32(29(21-37)33(28)35(36)41)31(39)17-14-24(23-10-6-5-7-11-23)19-25-15-16-30(38)27-13-9-8-12-26(25)27/h5-13,15-16,19,28-29,31,33,37-39H,3-4,14,17-18,20-21H2,1-2H3/b24-19-/t28-,29+,31-,33-/m1/s1. The maximum absolute atomic E-state index is 13.3. The van der Waals surface area contributed by atoms with Crippen molar-refractivity contribution in [3.63, 3.8) is 0 Å². The van der Waals surface area contributed by atoms with E-state index in [2.05, 4.69) is 6.08 Å². The Morgan fingerprint density at radius 2 is 1.68 bits per heavy atom. The maximum Gasteiger partial charge on any atom is 0.233 e. The fourth-order valence-electron chi connectivity index (χ4n) is 6.83. The number of phenols is 1. The van der Waals surface area contributed by atoms with Crippen LogP contribution in [0.15, 0.2) is 77.9 Å². The van der Waals surface area contributed by atoms with E-state index in [9.17, 15) is 24.9 Å². The van der Waals surface area contributed by atoms with Crippen LogP contribution in [-0.2, 0) is 9.59 Å². The number of phenolic OH excluding ortho intramolecular Hbond substituents is 1. The predicted octanol–water partition coefficient (Wildman–Crippen LogP) is 5.96. The molecule has 4 atom stereocenters.